The Morgan fingerprint density at radius 3 is 1.91 bits per heavy atom. The smallest absolute Gasteiger partial charge is 0.369 e. The fourth-order valence-electron chi connectivity index (χ4n) is 0.189. The van der Waals surface area contributed by atoms with Gasteiger partial charge in [-0.05, 0) is 6.92 Å². The van der Waals surface area contributed by atoms with Gasteiger partial charge in [0.25, 0.3) is 0 Å². The van der Waals surface area contributed by atoms with Crippen molar-refractivity contribution in [1.82, 2.24) is 0 Å². The zero-order valence-electron chi connectivity index (χ0n) is 5.68. The summed E-state index contributed by atoms with van der Waals surface area (Å²) in [4.78, 5) is 0. The topological polar surface area (TPSA) is 76.8 Å². The first-order valence-corrected chi connectivity index (χ1v) is 2.54. The van der Waals surface area contributed by atoms with Crippen molar-refractivity contribution in [1.29, 1.82) is 0 Å². The average molecular weight is 168 g/mol. The zero-order chi connectivity index (χ0) is 9.07. The van der Waals surface area contributed by atoms with E-state index in [-0.39, 0.29) is 0 Å². The monoisotopic (exact) mass is 168 g/mol. The van der Waals surface area contributed by atoms with Gasteiger partial charge in [-0.2, -0.15) is 13.2 Å². The van der Waals surface area contributed by atoms with Crippen molar-refractivity contribution >= 4 is 11.7 Å². The third-order valence-corrected chi connectivity index (χ3v) is 0.726. The maximum atomic E-state index is 11.6. The molecular weight excluding hydrogens is 161 g/mol. The van der Waals surface area contributed by atoms with Gasteiger partial charge >= 0.3 is 6.18 Å². The van der Waals surface area contributed by atoms with Crippen LogP contribution in [-0.4, -0.2) is 17.8 Å². The van der Waals surface area contributed by atoms with Crippen LogP contribution >= 0.6 is 0 Å². The van der Waals surface area contributed by atoms with Crippen LogP contribution in [-0.2, 0) is 0 Å². The van der Waals surface area contributed by atoms with E-state index in [9.17, 15) is 13.2 Å². The molecule has 0 aromatic heterocycles. The summed E-state index contributed by atoms with van der Waals surface area (Å²) in [5, 5.41) is 5.56. The molecule has 0 aliphatic heterocycles. The Kier molecular flexibility index (Phi) is 2.85. The molecule has 0 atom stereocenters. The Hall–Kier alpha value is -1.27. The quantitative estimate of drug-likeness (QED) is 0.333. The first kappa shape index (κ1) is 9.73. The molecule has 0 radical (unpaired) electrons. The van der Waals surface area contributed by atoms with Crippen molar-refractivity contribution in [3.8, 4) is 0 Å². The third-order valence-electron chi connectivity index (χ3n) is 0.726. The van der Waals surface area contributed by atoms with Crippen molar-refractivity contribution in [2.24, 2.45) is 21.7 Å². The van der Waals surface area contributed by atoms with Crippen LogP contribution in [0.15, 0.2) is 10.2 Å². The Labute approximate surface area is 60.8 Å². The van der Waals surface area contributed by atoms with Gasteiger partial charge in [0.2, 0.25) is 5.96 Å². The fourth-order valence-corrected chi connectivity index (χ4v) is 0.189. The van der Waals surface area contributed by atoms with E-state index < -0.39 is 17.8 Å². The van der Waals surface area contributed by atoms with Crippen molar-refractivity contribution in [2.45, 2.75) is 13.1 Å². The second-order valence-electron chi connectivity index (χ2n) is 1.71. The molecule has 0 unspecified atom stereocenters. The van der Waals surface area contributed by atoms with Gasteiger partial charge in [0, 0.05) is 0 Å². The van der Waals surface area contributed by atoms with E-state index in [0.717, 1.165) is 6.92 Å². The van der Waals surface area contributed by atoms with Gasteiger partial charge < -0.3 is 11.5 Å². The van der Waals surface area contributed by atoms with E-state index in [0.29, 0.717) is 0 Å². The molecular formula is C4H7F3N4. The Bertz CT molecular complexity index is 188. The van der Waals surface area contributed by atoms with Crippen LogP contribution in [0.4, 0.5) is 13.2 Å². The van der Waals surface area contributed by atoms with Gasteiger partial charge in [-0.25, -0.2) is 0 Å². The minimum atomic E-state index is -4.47. The van der Waals surface area contributed by atoms with Crippen LogP contribution in [0.5, 0.6) is 0 Å². The lowest BCUT2D eigenvalue weighted by Gasteiger charge is -2.01. The van der Waals surface area contributed by atoms with E-state index in [2.05, 4.69) is 10.2 Å². The molecule has 4 nitrogen and oxygen atoms in total. The van der Waals surface area contributed by atoms with Gasteiger partial charge in [0.1, 0.15) is 5.71 Å². The predicted octanol–water partition coefficient (Wildman–Crippen LogP) is 0.198. The van der Waals surface area contributed by atoms with Crippen molar-refractivity contribution in [3.05, 3.63) is 0 Å². The van der Waals surface area contributed by atoms with Crippen molar-refractivity contribution in [3.63, 3.8) is 0 Å². The number of nitrogens with two attached hydrogens (primary N) is 2. The highest BCUT2D eigenvalue weighted by atomic mass is 19.4. The molecule has 64 valence electrons. The van der Waals surface area contributed by atoms with Crippen LogP contribution < -0.4 is 11.5 Å². The van der Waals surface area contributed by atoms with E-state index >= 15 is 0 Å². The van der Waals surface area contributed by atoms with Crippen LogP contribution in [0.3, 0.4) is 0 Å². The van der Waals surface area contributed by atoms with E-state index in [1.54, 1.807) is 0 Å². The van der Waals surface area contributed by atoms with Crippen molar-refractivity contribution < 1.29 is 13.2 Å². The maximum Gasteiger partial charge on any atom is 0.431 e. The number of rotatable bonds is 1. The van der Waals surface area contributed by atoms with E-state index in [1.165, 1.54) is 0 Å². The SMILES string of the molecule is C/C(=N\N=C(N)N)C(F)(F)F. The van der Waals surface area contributed by atoms with Crippen LogP contribution in [0.1, 0.15) is 6.92 Å². The molecule has 0 fully saturated rings. The molecule has 0 saturated carbocycles. The summed E-state index contributed by atoms with van der Waals surface area (Å²) < 4.78 is 34.9. The van der Waals surface area contributed by atoms with Gasteiger partial charge in [0.15, 0.2) is 0 Å². The molecule has 7 heteroatoms. The molecule has 0 aliphatic carbocycles. The number of halogens is 3. The Morgan fingerprint density at radius 2 is 1.64 bits per heavy atom. The number of hydrogen-bond donors (Lipinski definition) is 2. The standard InChI is InChI=1S/C4H7F3N4/c1-2(4(5,6)7)10-11-3(8)9/h1H3,(H4,8,9,11)/b10-2+. The summed E-state index contributed by atoms with van der Waals surface area (Å²) in [5.74, 6) is -0.506. The van der Waals surface area contributed by atoms with Crippen LogP contribution in [0.25, 0.3) is 0 Å². The number of guanidine groups is 1. The van der Waals surface area contributed by atoms with Gasteiger partial charge in [-0.15, -0.1) is 10.2 Å². The molecule has 0 aromatic rings. The molecule has 4 N–H and O–H groups in total. The molecule has 0 aliphatic rings. The normalized spacial score (nSPS) is 12.9. The minimum Gasteiger partial charge on any atom is -0.369 e. The Morgan fingerprint density at radius 1 is 1.18 bits per heavy atom. The lowest BCUT2D eigenvalue weighted by Crippen LogP contribution is -2.23. The van der Waals surface area contributed by atoms with Crippen LogP contribution in [0.2, 0.25) is 0 Å². The second-order valence-corrected chi connectivity index (χ2v) is 1.71. The summed E-state index contributed by atoms with van der Waals surface area (Å²) in [6.07, 6.45) is -4.47. The van der Waals surface area contributed by atoms with Crippen LogP contribution in [0, 0.1) is 0 Å². The first-order chi connectivity index (χ1) is 4.84. The summed E-state index contributed by atoms with van der Waals surface area (Å²) in [5.41, 5.74) is 8.38. The zero-order valence-corrected chi connectivity index (χ0v) is 5.68. The summed E-state index contributed by atoms with van der Waals surface area (Å²) in [6, 6.07) is 0. The van der Waals surface area contributed by atoms with E-state index in [4.69, 9.17) is 11.5 Å². The molecule has 0 saturated heterocycles. The van der Waals surface area contributed by atoms with Gasteiger partial charge in [0.05, 0.1) is 0 Å². The number of alkyl halides is 3. The largest absolute Gasteiger partial charge is 0.431 e. The minimum absolute atomic E-state index is 0.506. The fraction of sp³-hybridized carbons (Fsp3) is 0.500. The number of nitrogens with zero attached hydrogens (tertiary/aromatic N) is 2. The third kappa shape index (κ3) is 4.18. The summed E-state index contributed by atoms with van der Waals surface area (Å²) >= 11 is 0. The summed E-state index contributed by atoms with van der Waals surface area (Å²) in [6.45, 7) is 0.770. The van der Waals surface area contributed by atoms with Gasteiger partial charge in [-0.3, -0.25) is 0 Å². The molecule has 0 rings (SSSR count). The maximum absolute atomic E-state index is 11.6. The Balaban J connectivity index is 4.36. The van der Waals surface area contributed by atoms with Crippen molar-refractivity contribution in [2.75, 3.05) is 0 Å². The average Bonchev–Trinajstić information content (AvgIpc) is 1.80. The highest BCUT2D eigenvalue weighted by Gasteiger charge is 2.32. The molecule has 0 heterocycles. The van der Waals surface area contributed by atoms with E-state index in [1.807, 2.05) is 0 Å². The molecule has 11 heavy (non-hydrogen) atoms. The highest BCUT2D eigenvalue weighted by molar-refractivity contribution is 5.88. The predicted molar refractivity (Wildman–Crippen MR) is 35.0 cm³/mol. The van der Waals surface area contributed by atoms with Gasteiger partial charge in [-0.1, -0.05) is 0 Å². The molecule has 0 aromatic carbocycles. The lowest BCUT2D eigenvalue weighted by molar-refractivity contribution is -0.0593. The first-order valence-electron chi connectivity index (χ1n) is 2.54. The molecule has 0 bridgehead atoms. The number of hydrogen-bond acceptors (Lipinski definition) is 2. The highest BCUT2D eigenvalue weighted by Crippen LogP contribution is 2.16. The summed E-state index contributed by atoms with van der Waals surface area (Å²) in [7, 11) is 0. The molecule has 0 spiro atoms. The molecule has 0 amide bonds. The lowest BCUT2D eigenvalue weighted by atomic mass is 10.4. The second kappa shape index (κ2) is 3.22.